The summed E-state index contributed by atoms with van der Waals surface area (Å²) in [6.45, 7) is 6.34. The lowest BCUT2D eigenvalue weighted by Crippen LogP contribution is -2.33. The van der Waals surface area contributed by atoms with Gasteiger partial charge in [-0.15, -0.1) is 0 Å². The molecule has 1 aliphatic rings. The molecule has 0 radical (unpaired) electrons. The molecule has 0 fully saturated rings. The molecule has 0 heterocycles. The minimum absolute atomic E-state index is 0.373. The largest absolute Gasteiger partial charge is 0.494 e. The molecule has 2 aromatic rings. The van der Waals surface area contributed by atoms with E-state index in [0.717, 1.165) is 28.1 Å². The van der Waals surface area contributed by atoms with Gasteiger partial charge in [-0.3, -0.25) is 4.79 Å². The fraction of sp³-hybridized carbons (Fsp3) is 0.308. The number of rotatable bonds is 7. The van der Waals surface area contributed by atoms with E-state index in [4.69, 9.17) is 14.2 Å². The quantitative estimate of drug-likeness (QED) is 0.632. The van der Waals surface area contributed by atoms with Crippen molar-refractivity contribution in [2.24, 2.45) is 5.92 Å². The highest BCUT2D eigenvalue weighted by Gasteiger charge is 2.41. The molecule has 0 aromatic heterocycles. The van der Waals surface area contributed by atoms with Gasteiger partial charge in [0, 0.05) is 17.3 Å². The maximum absolute atomic E-state index is 13.0. The van der Waals surface area contributed by atoms with Gasteiger partial charge in [0.1, 0.15) is 5.75 Å². The maximum atomic E-state index is 13.0. The summed E-state index contributed by atoms with van der Waals surface area (Å²) >= 11 is 0. The highest BCUT2D eigenvalue weighted by atomic mass is 16.5. The second kappa shape index (κ2) is 10.2. The predicted molar refractivity (Wildman–Crippen MR) is 123 cm³/mol. The van der Waals surface area contributed by atoms with Gasteiger partial charge in [0.25, 0.3) is 0 Å². The molecular weight excluding hydrogens is 406 g/mol. The zero-order chi connectivity index (χ0) is 23.3. The number of nitrogens with one attached hydrogen (secondary N) is 1. The SMILES string of the molecule is CCOc1ccc([C@@H]2C(C(=O)OC)=C(Nc3ccc(C)cc3)C=C(C)[C@@H]2C(=O)OC)cc1. The lowest BCUT2D eigenvalue weighted by Gasteiger charge is -2.33. The Labute approximate surface area is 188 Å². The Balaban J connectivity index is 2.16. The first-order valence-electron chi connectivity index (χ1n) is 10.5. The Morgan fingerprint density at radius 2 is 1.59 bits per heavy atom. The Morgan fingerprint density at radius 1 is 0.938 bits per heavy atom. The van der Waals surface area contributed by atoms with Crippen molar-refractivity contribution in [3.63, 3.8) is 0 Å². The van der Waals surface area contributed by atoms with Gasteiger partial charge in [0.15, 0.2) is 0 Å². The van der Waals surface area contributed by atoms with Crippen LogP contribution in [-0.4, -0.2) is 32.8 Å². The van der Waals surface area contributed by atoms with Crippen molar-refractivity contribution in [3.05, 3.63) is 82.6 Å². The number of carbonyl (C=O) groups is 2. The Morgan fingerprint density at radius 3 is 2.16 bits per heavy atom. The molecule has 32 heavy (non-hydrogen) atoms. The van der Waals surface area contributed by atoms with Crippen LogP contribution in [0.4, 0.5) is 5.69 Å². The third-order valence-electron chi connectivity index (χ3n) is 5.54. The van der Waals surface area contributed by atoms with Crippen LogP contribution in [0.25, 0.3) is 0 Å². The number of ether oxygens (including phenoxy) is 3. The van der Waals surface area contributed by atoms with Gasteiger partial charge in [-0.1, -0.05) is 35.4 Å². The molecule has 0 bridgehead atoms. The average Bonchev–Trinajstić information content (AvgIpc) is 2.80. The summed E-state index contributed by atoms with van der Waals surface area (Å²) in [6, 6.07) is 15.3. The third kappa shape index (κ3) is 4.85. The molecule has 6 heteroatoms. The first-order valence-corrected chi connectivity index (χ1v) is 10.5. The van der Waals surface area contributed by atoms with Crippen LogP contribution in [0, 0.1) is 12.8 Å². The Kier molecular flexibility index (Phi) is 7.36. The van der Waals surface area contributed by atoms with Crippen LogP contribution in [0.1, 0.15) is 30.9 Å². The second-order valence-corrected chi connectivity index (χ2v) is 7.68. The van der Waals surface area contributed by atoms with E-state index in [1.54, 1.807) is 0 Å². The number of esters is 2. The van der Waals surface area contributed by atoms with E-state index in [0.29, 0.717) is 17.9 Å². The number of carbonyl (C=O) groups excluding carboxylic acids is 2. The van der Waals surface area contributed by atoms with E-state index in [2.05, 4.69) is 5.32 Å². The van der Waals surface area contributed by atoms with Gasteiger partial charge in [0.05, 0.1) is 32.3 Å². The molecule has 2 aromatic carbocycles. The summed E-state index contributed by atoms with van der Waals surface area (Å²) in [4.78, 5) is 25.8. The molecule has 1 aliphatic carbocycles. The number of aryl methyl sites for hydroxylation is 1. The van der Waals surface area contributed by atoms with Crippen LogP contribution in [0.2, 0.25) is 0 Å². The minimum atomic E-state index is -0.657. The molecule has 2 atom stereocenters. The van der Waals surface area contributed by atoms with Crippen LogP contribution in [0.5, 0.6) is 5.75 Å². The second-order valence-electron chi connectivity index (χ2n) is 7.68. The molecule has 0 saturated carbocycles. The lowest BCUT2D eigenvalue weighted by molar-refractivity contribution is -0.144. The Bertz CT molecular complexity index is 1030. The molecule has 6 nitrogen and oxygen atoms in total. The molecule has 1 N–H and O–H groups in total. The molecule has 0 aliphatic heterocycles. The van der Waals surface area contributed by atoms with E-state index in [1.807, 2.05) is 75.4 Å². The van der Waals surface area contributed by atoms with E-state index >= 15 is 0 Å². The van der Waals surface area contributed by atoms with Gasteiger partial charge in [-0.2, -0.15) is 0 Å². The van der Waals surface area contributed by atoms with Crippen molar-refractivity contribution >= 4 is 17.6 Å². The standard InChI is InChI=1S/C26H29NO5/c1-6-32-20-13-9-18(10-14-20)23-22(25(28)30-4)17(3)15-21(24(23)26(29)31-5)27-19-11-7-16(2)8-12-19/h7-15,22-23,27H,6H2,1-5H3/t22-,23-/m0/s1. The first-order chi connectivity index (χ1) is 15.4. The van der Waals surface area contributed by atoms with Crippen LogP contribution in [-0.2, 0) is 19.1 Å². The predicted octanol–water partition coefficient (Wildman–Crippen LogP) is 4.77. The maximum Gasteiger partial charge on any atom is 0.336 e. The molecule has 0 unspecified atom stereocenters. The monoisotopic (exact) mass is 435 g/mol. The van der Waals surface area contributed by atoms with Crippen LogP contribution >= 0.6 is 0 Å². The number of hydrogen-bond donors (Lipinski definition) is 1. The van der Waals surface area contributed by atoms with Crippen molar-refractivity contribution in [3.8, 4) is 5.75 Å². The molecule has 0 saturated heterocycles. The molecule has 3 rings (SSSR count). The number of anilines is 1. The van der Waals surface area contributed by atoms with Crippen molar-refractivity contribution in [1.29, 1.82) is 0 Å². The normalized spacial score (nSPS) is 18.0. The number of methoxy groups -OCH3 is 2. The lowest BCUT2D eigenvalue weighted by atomic mass is 9.72. The van der Waals surface area contributed by atoms with Crippen LogP contribution in [0.15, 0.2) is 71.5 Å². The fourth-order valence-corrected chi connectivity index (χ4v) is 3.98. The zero-order valence-corrected chi connectivity index (χ0v) is 19.1. The van der Waals surface area contributed by atoms with E-state index in [1.165, 1.54) is 14.2 Å². The molecular formula is C26H29NO5. The van der Waals surface area contributed by atoms with Crippen molar-refractivity contribution in [1.82, 2.24) is 0 Å². The van der Waals surface area contributed by atoms with E-state index in [-0.39, 0.29) is 0 Å². The zero-order valence-electron chi connectivity index (χ0n) is 19.1. The highest BCUT2D eigenvalue weighted by Crippen LogP contribution is 2.43. The summed E-state index contributed by atoms with van der Waals surface area (Å²) < 4.78 is 15.8. The highest BCUT2D eigenvalue weighted by molar-refractivity contribution is 5.95. The molecule has 0 amide bonds. The van der Waals surface area contributed by atoms with Gasteiger partial charge < -0.3 is 19.5 Å². The topological polar surface area (TPSA) is 73.9 Å². The fourth-order valence-electron chi connectivity index (χ4n) is 3.98. The number of benzene rings is 2. The van der Waals surface area contributed by atoms with E-state index < -0.39 is 23.8 Å². The smallest absolute Gasteiger partial charge is 0.336 e. The molecule has 168 valence electrons. The van der Waals surface area contributed by atoms with E-state index in [9.17, 15) is 9.59 Å². The van der Waals surface area contributed by atoms with Gasteiger partial charge in [-0.05, 0) is 56.7 Å². The first kappa shape index (κ1) is 23.1. The van der Waals surface area contributed by atoms with Crippen LogP contribution in [0.3, 0.4) is 0 Å². The van der Waals surface area contributed by atoms with Crippen molar-refractivity contribution in [2.75, 3.05) is 26.1 Å². The summed E-state index contributed by atoms with van der Waals surface area (Å²) in [5.74, 6) is -1.43. The van der Waals surface area contributed by atoms with Gasteiger partial charge in [-0.25, -0.2) is 4.79 Å². The summed E-state index contributed by atoms with van der Waals surface area (Å²) in [5, 5.41) is 3.34. The van der Waals surface area contributed by atoms with Crippen LogP contribution < -0.4 is 10.1 Å². The Hall–Kier alpha value is -3.54. The third-order valence-corrected chi connectivity index (χ3v) is 5.54. The minimum Gasteiger partial charge on any atom is -0.494 e. The summed E-state index contributed by atoms with van der Waals surface area (Å²) in [7, 11) is 2.69. The molecule has 0 spiro atoms. The summed E-state index contributed by atoms with van der Waals surface area (Å²) in [5.41, 5.74) is 4.51. The van der Waals surface area contributed by atoms with Gasteiger partial charge >= 0.3 is 11.9 Å². The number of allylic oxidation sites excluding steroid dienone is 1. The van der Waals surface area contributed by atoms with Crippen molar-refractivity contribution in [2.45, 2.75) is 26.7 Å². The van der Waals surface area contributed by atoms with Gasteiger partial charge in [0.2, 0.25) is 0 Å². The average molecular weight is 436 g/mol. The summed E-state index contributed by atoms with van der Waals surface area (Å²) in [6.07, 6.45) is 1.82. The number of hydrogen-bond acceptors (Lipinski definition) is 6. The van der Waals surface area contributed by atoms with Crippen molar-refractivity contribution < 1.29 is 23.8 Å².